The van der Waals surface area contributed by atoms with Crippen LogP contribution in [0.2, 0.25) is 0 Å². The van der Waals surface area contributed by atoms with Crippen molar-refractivity contribution in [2.75, 3.05) is 39.0 Å². The van der Waals surface area contributed by atoms with Gasteiger partial charge in [-0.25, -0.2) is 8.42 Å². The van der Waals surface area contributed by atoms with E-state index in [-0.39, 0.29) is 22.8 Å². The van der Waals surface area contributed by atoms with Crippen LogP contribution < -0.4 is 0 Å². The SMILES string of the molecule is CS(=O)(=O)c1ccc(C(=O)N2CCN(C(=O)[C@H]3CCCO3)CC2)cc1. The lowest BCUT2D eigenvalue weighted by atomic mass is 10.1. The molecular weight excluding hydrogens is 344 g/mol. The van der Waals surface area contributed by atoms with Crippen LogP contribution in [0.5, 0.6) is 0 Å². The van der Waals surface area contributed by atoms with Crippen molar-refractivity contribution in [3.63, 3.8) is 0 Å². The molecular formula is C17H22N2O5S. The number of piperazine rings is 1. The van der Waals surface area contributed by atoms with Crippen LogP contribution >= 0.6 is 0 Å². The smallest absolute Gasteiger partial charge is 0.253 e. The van der Waals surface area contributed by atoms with Crippen LogP contribution in [0, 0.1) is 0 Å². The molecule has 0 aromatic heterocycles. The summed E-state index contributed by atoms with van der Waals surface area (Å²) in [5.41, 5.74) is 0.450. The molecule has 2 saturated heterocycles. The molecule has 8 heteroatoms. The molecule has 2 aliphatic heterocycles. The Morgan fingerprint density at radius 3 is 2.16 bits per heavy atom. The lowest BCUT2D eigenvalue weighted by Gasteiger charge is -2.35. The number of amides is 2. The van der Waals surface area contributed by atoms with Crippen molar-refractivity contribution in [2.45, 2.75) is 23.8 Å². The fourth-order valence-corrected chi connectivity index (χ4v) is 3.76. The monoisotopic (exact) mass is 366 g/mol. The first-order chi connectivity index (χ1) is 11.9. The summed E-state index contributed by atoms with van der Waals surface area (Å²) in [4.78, 5) is 28.5. The molecule has 0 radical (unpaired) electrons. The van der Waals surface area contributed by atoms with E-state index in [9.17, 15) is 18.0 Å². The van der Waals surface area contributed by atoms with E-state index in [2.05, 4.69) is 0 Å². The number of rotatable bonds is 3. The van der Waals surface area contributed by atoms with Gasteiger partial charge in [0.1, 0.15) is 6.10 Å². The molecule has 2 amide bonds. The number of hydrogen-bond donors (Lipinski definition) is 0. The standard InChI is InChI=1S/C17H22N2O5S/c1-25(22,23)14-6-4-13(5-7-14)16(20)18-8-10-19(11-9-18)17(21)15-3-2-12-24-15/h4-7,15H,2-3,8-12H2,1H3/t15-/m1/s1. The Hall–Kier alpha value is -1.93. The van der Waals surface area contributed by atoms with E-state index in [1.807, 2.05) is 0 Å². The molecule has 1 aromatic rings. The van der Waals surface area contributed by atoms with E-state index in [0.29, 0.717) is 38.3 Å². The molecule has 0 bridgehead atoms. The Bertz CT molecular complexity index is 746. The van der Waals surface area contributed by atoms with E-state index in [4.69, 9.17) is 4.74 Å². The number of carbonyl (C=O) groups excluding carboxylic acids is 2. The third kappa shape index (κ3) is 4.01. The molecule has 1 atom stereocenters. The molecule has 2 heterocycles. The van der Waals surface area contributed by atoms with Gasteiger partial charge in [-0.15, -0.1) is 0 Å². The predicted octanol–water partition coefficient (Wildman–Crippen LogP) is 0.554. The average Bonchev–Trinajstić information content (AvgIpc) is 3.14. The minimum Gasteiger partial charge on any atom is -0.368 e. The zero-order valence-corrected chi connectivity index (χ0v) is 15.0. The summed E-state index contributed by atoms with van der Waals surface area (Å²) in [5.74, 6) is -0.133. The fraction of sp³-hybridized carbons (Fsp3) is 0.529. The highest BCUT2D eigenvalue weighted by Crippen LogP contribution is 2.17. The third-order valence-corrected chi connectivity index (χ3v) is 5.74. The number of sulfone groups is 1. The van der Waals surface area contributed by atoms with E-state index in [0.717, 1.165) is 19.1 Å². The lowest BCUT2D eigenvalue weighted by Crippen LogP contribution is -2.52. The second-order valence-corrected chi connectivity index (χ2v) is 8.43. The van der Waals surface area contributed by atoms with E-state index >= 15 is 0 Å². The van der Waals surface area contributed by atoms with Gasteiger partial charge < -0.3 is 14.5 Å². The molecule has 2 aliphatic rings. The molecule has 2 fully saturated rings. The van der Waals surface area contributed by atoms with Crippen molar-refractivity contribution in [2.24, 2.45) is 0 Å². The zero-order chi connectivity index (χ0) is 18.0. The highest BCUT2D eigenvalue weighted by Gasteiger charge is 2.31. The van der Waals surface area contributed by atoms with E-state index in [1.54, 1.807) is 9.80 Å². The maximum Gasteiger partial charge on any atom is 0.253 e. The number of nitrogens with zero attached hydrogens (tertiary/aromatic N) is 2. The van der Waals surface area contributed by atoms with Crippen molar-refractivity contribution in [1.29, 1.82) is 0 Å². The quantitative estimate of drug-likeness (QED) is 0.780. The second kappa shape index (κ2) is 7.13. The first-order valence-corrected chi connectivity index (χ1v) is 10.3. The number of carbonyl (C=O) groups is 2. The van der Waals surface area contributed by atoms with Crippen LogP contribution in [-0.2, 0) is 19.4 Å². The van der Waals surface area contributed by atoms with Crippen LogP contribution in [-0.4, -0.2) is 75.2 Å². The molecule has 136 valence electrons. The number of benzene rings is 1. The molecule has 0 saturated carbocycles. The summed E-state index contributed by atoms with van der Waals surface area (Å²) in [5, 5.41) is 0. The van der Waals surface area contributed by atoms with Crippen molar-refractivity contribution in [3.8, 4) is 0 Å². The van der Waals surface area contributed by atoms with Gasteiger partial charge in [-0.1, -0.05) is 0 Å². The van der Waals surface area contributed by atoms with Crippen molar-refractivity contribution < 1.29 is 22.7 Å². The number of hydrogen-bond acceptors (Lipinski definition) is 5. The van der Waals surface area contributed by atoms with Crippen LogP contribution in [0.1, 0.15) is 23.2 Å². The molecule has 3 rings (SSSR count). The van der Waals surface area contributed by atoms with Gasteiger partial charge in [-0.2, -0.15) is 0 Å². The molecule has 0 spiro atoms. The van der Waals surface area contributed by atoms with Gasteiger partial charge >= 0.3 is 0 Å². The summed E-state index contributed by atoms with van der Waals surface area (Å²) in [7, 11) is -3.28. The summed E-state index contributed by atoms with van der Waals surface area (Å²) in [6.07, 6.45) is 2.49. The Balaban J connectivity index is 1.59. The highest BCUT2D eigenvalue weighted by atomic mass is 32.2. The molecule has 0 unspecified atom stereocenters. The second-order valence-electron chi connectivity index (χ2n) is 6.42. The van der Waals surface area contributed by atoms with Gasteiger partial charge in [-0.05, 0) is 37.1 Å². The average molecular weight is 366 g/mol. The molecule has 0 N–H and O–H groups in total. The zero-order valence-electron chi connectivity index (χ0n) is 14.2. The summed E-state index contributed by atoms with van der Waals surface area (Å²) in [6, 6.07) is 5.95. The molecule has 7 nitrogen and oxygen atoms in total. The van der Waals surface area contributed by atoms with Crippen LogP contribution in [0.4, 0.5) is 0 Å². The Kier molecular flexibility index (Phi) is 5.10. The first kappa shape index (κ1) is 17.9. The normalized spacial score (nSPS) is 21.4. The van der Waals surface area contributed by atoms with Crippen molar-refractivity contribution in [3.05, 3.63) is 29.8 Å². The minimum absolute atomic E-state index is 0.0158. The van der Waals surface area contributed by atoms with Gasteiger partial charge in [0.15, 0.2) is 9.84 Å². The van der Waals surface area contributed by atoms with Crippen molar-refractivity contribution in [1.82, 2.24) is 9.80 Å². The Labute approximate surface area is 147 Å². The van der Waals surface area contributed by atoms with Gasteiger partial charge in [0, 0.05) is 44.6 Å². The van der Waals surface area contributed by atoms with Gasteiger partial charge in [0.25, 0.3) is 11.8 Å². The lowest BCUT2D eigenvalue weighted by molar-refractivity contribution is -0.142. The topological polar surface area (TPSA) is 84.0 Å². The molecule has 1 aromatic carbocycles. The molecule has 25 heavy (non-hydrogen) atoms. The van der Waals surface area contributed by atoms with Gasteiger partial charge in [0.2, 0.25) is 0 Å². The number of ether oxygens (including phenoxy) is 1. The maximum absolute atomic E-state index is 12.5. The fourth-order valence-electron chi connectivity index (χ4n) is 3.13. The van der Waals surface area contributed by atoms with Crippen molar-refractivity contribution >= 4 is 21.7 Å². The maximum atomic E-state index is 12.5. The third-order valence-electron chi connectivity index (χ3n) is 4.61. The molecule has 0 aliphatic carbocycles. The van der Waals surface area contributed by atoms with Crippen LogP contribution in [0.15, 0.2) is 29.2 Å². The van der Waals surface area contributed by atoms with Gasteiger partial charge in [0.05, 0.1) is 4.90 Å². The Morgan fingerprint density at radius 2 is 1.64 bits per heavy atom. The van der Waals surface area contributed by atoms with E-state index in [1.165, 1.54) is 24.3 Å². The van der Waals surface area contributed by atoms with Crippen LogP contribution in [0.25, 0.3) is 0 Å². The summed E-state index contributed by atoms with van der Waals surface area (Å²) < 4.78 is 28.4. The highest BCUT2D eigenvalue weighted by molar-refractivity contribution is 7.90. The summed E-state index contributed by atoms with van der Waals surface area (Å²) >= 11 is 0. The Morgan fingerprint density at radius 1 is 1.04 bits per heavy atom. The first-order valence-electron chi connectivity index (χ1n) is 8.36. The summed E-state index contributed by atoms with van der Waals surface area (Å²) in [6.45, 7) is 2.55. The van der Waals surface area contributed by atoms with Gasteiger partial charge in [-0.3, -0.25) is 9.59 Å². The van der Waals surface area contributed by atoms with Crippen LogP contribution in [0.3, 0.4) is 0 Å². The minimum atomic E-state index is -3.28. The van der Waals surface area contributed by atoms with E-state index < -0.39 is 9.84 Å². The predicted molar refractivity (Wildman–Crippen MR) is 91.0 cm³/mol. The largest absolute Gasteiger partial charge is 0.368 e.